The summed E-state index contributed by atoms with van der Waals surface area (Å²) in [5, 5.41) is 9.40. The zero-order valence-electron chi connectivity index (χ0n) is 11.0. The van der Waals surface area contributed by atoms with Crippen molar-refractivity contribution < 1.29 is 18.3 Å². The van der Waals surface area contributed by atoms with Crippen molar-refractivity contribution in [3.8, 4) is 17.0 Å². The van der Waals surface area contributed by atoms with E-state index in [1.807, 2.05) is 0 Å². The van der Waals surface area contributed by atoms with Gasteiger partial charge < -0.3 is 5.11 Å². The molecular weight excluding hydrogens is 315 g/mol. The first kappa shape index (κ1) is 14.7. The molecule has 0 aliphatic rings. The third kappa shape index (κ3) is 2.60. The molecule has 0 fully saturated rings. The molecular formula is C16H9ClF3NO. The summed E-state index contributed by atoms with van der Waals surface area (Å²) in [4.78, 5) is 4.24. The molecule has 1 N–H and O–H groups in total. The molecule has 0 saturated heterocycles. The molecule has 0 atom stereocenters. The molecule has 0 aliphatic heterocycles. The van der Waals surface area contributed by atoms with Gasteiger partial charge in [-0.05, 0) is 36.4 Å². The fourth-order valence-electron chi connectivity index (χ4n) is 2.23. The van der Waals surface area contributed by atoms with Crippen molar-refractivity contribution in [2.24, 2.45) is 0 Å². The predicted octanol–water partition coefficient (Wildman–Crippen LogP) is 5.28. The van der Waals surface area contributed by atoms with Crippen LogP contribution in [0.1, 0.15) is 5.56 Å². The van der Waals surface area contributed by atoms with E-state index in [0.29, 0.717) is 5.56 Å². The number of aromatic hydroxyl groups is 1. The van der Waals surface area contributed by atoms with Crippen LogP contribution in [0.2, 0.25) is 5.02 Å². The predicted molar refractivity (Wildman–Crippen MR) is 78.9 cm³/mol. The summed E-state index contributed by atoms with van der Waals surface area (Å²) in [5.74, 6) is 0.0265. The average Bonchev–Trinajstić information content (AvgIpc) is 2.46. The van der Waals surface area contributed by atoms with E-state index in [4.69, 9.17) is 11.6 Å². The monoisotopic (exact) mass is 323 g/mol. The summed E-state index contributed by atoms with van der Waals surface area (Å²) >= 11 is 5.99. The summed E-state index contributed by atoms with van der Waals surface area (Å²) < 4.78 is 39.9. The van der Waals surface area contributed by atoms with Crippen molar-refractivity contribution in [1.82, 2.24) is 4.98 Å². The number of hydrogen-bond donors (Lipinski definition) is 1. The number of nitrogens with zero attached hydrogens (tertiary/aromatic N) is 1. The zero-order chi connectivity index (χ0) is 15.9. The van der Waals surface area contributed by atoms with Crippen LogP contribution in [0.5, 0.6) is 5.75 Å². The van der Waals surface area contributed by atoms with Gasteiger partial charge in [0.05, 0.1) is 21.8 Å². The quantitative estimate of drug-likeness (QED) is 0.661. The molecule has 0 spiro atoms. The number of hydrogen-bond acceptors (Lipinski definition) is 2. The number of pyridine rings is 1. The van der Waals surface area contributed by atoms with Gasteiger partial charge in [-0.2, -0.15) is 13.2 Å². The molecule has 0 radical (unpaired) electrons. The summed E-state index contributed by atoms with van der Waals surface area (Å²) in [6, 6.07) is 11.1. The Morgan fingerprint density at radius 3 is 2.32 bits per heavy atom. The number of aromatic nitrogens is 1. The van der Waals surface area contributed by atoms with Gasteiger partial charge in [-0.15, -0.1) is 0 Å². The molecule has 0 unspecified atom stereocenters. The second-order valence-corrected chi connectivity index (χ2v) is 5.14. The molecule has 0 saturated carbocycles. The first-order valence-electron chi connectivity index (χ1n) is 6.32. The SMILES string of the molecule is Oc1ccc(-c2cc(C(F)(F)F)c3cccc(Cl)c3n2)cc1. The van der Waals surface area contributed by atoms with Gasteiger partial charge in [0.15, 0.2) is 0 Å². The van der Waals surface area contributed by atoms with Gasteiger partial charge in [0.25, 0.3) is 0 Å². The van der Waals surface area contributed by atoms with E-state index < -0.39 is 11.7 Å². The van der Waals surface area contributed by atoms with Crippen molar-refractivity contribution in [1.29, 1.82) is 0 Å². The fourth-order valence-corrected chi connectivity index (χ4v) is 2.44. The van der Waals surface area contributed by atoms with Crippen molar-refractivity contribution in [2.75, 3.05) is 0 Å². The molecule has 1 heterocycles. The highest BCUT2D eigenvalue weighted by Gasteiger charge is 2.33. The maximum absolute atomic E-state index is 13.3. The minimum Gasteiger partial charge on any atom is -0.508 e. The van der Waals surface area contributed by atoms with E-state index in [2.05, 4.69) is 4.98 Å². The number of alkyl halides is 3. The second-order valence-electron chi connectivity index (χ2n) is 4.74. The van der Waals surface area contributed by atoms with Crippen molar-refractivity contribution >= 4 is 22.5 Å². The summed E-state index contributed by atoms with van der Waals surface area (Å²) in [6.07, 6.45) is -4.52. The Morgan fingerprint density at radius 1 is 1.00 bits per heavy atom. The Morgan fingerprint density at radius 2 is 1.68 bits per heavy atom. The molecule has 0 amide bonds. The van der Waals surface area contributed by atoms with E-state index in [1.165, 1.54) is 42.5 Å². The Hall–Kier alpha value is -2.27. The second kappa shape index (κ2) is 5.18. The summed E-state index contributed by atoms with van der Waals surface area (Å²) in [6.45, 7) is 0. The normalized spacial score (nSPS) is 11.8. The van der Waals surface area contributed by atoms with E-state index in [1.54, 1.807) is 0 Å². The molecule has 2 nitrogen and oxygen atoms in total. The third-order valence-electron chi connectivity index (χ3n) is 3.26. The topological polar surface area (TPSA) is 33.1 Å². The third-order valence-corrected chi connectivity index (χ3v) is 3.56. The van der Waals surface area contributed by atoms with Gasteiger partial charge >= 0.3 is 6.18 Å². The van der Waals surface area contributed by atoms with Gasteiger partial charge in [0, 0.05) is 10.9 Å². The van der Waals surface area contributed by atoms with Gasteiger partial charge in [-0.3, -0.25) is 0 Å². The molecule has 6 heteroatoms. The minimum absolute atomic E-state index is 0.0265. The standard InChI is InChI=1S/C16H9ClF3NO/c17-13-3-1-2-11-12(16(18,19)20)8-14(21-15(11)13)9-4-6-10(22)7-5-9/h1-8,22H. The number of para-hydroxylation sites is 1. The van der Waals surface area contributed by atoms with Crippen LogP contribution < -0.4 is 0 Å². The van der Waals surface area contributed by atoms with Crippen molar-refractivity contribution in [3.05, 3.63) is 59.1 Å². The van der Waals surface area contributed by atoms with Crippen LogP contribution in [0.15, 0.2) is 48.5 Å². The lowest BCUT2D eigenvalue weighted by Gasteiger charge is -2.13. The van der Waals surface area contributed by atoms with Crippen LogP contribution in [0, 0.1) is 0 Å². The maximum Gasteiger partial charge on any atom is 0.417 e. The van der Waals surface area contributed by atoms with Crippen LogP contribution in [0.25, 0.3) is 22.2 Å². The van der Waals surface area contributed by atoms with Gasteiger partial charge in [-0.1, -0.05) is 23.7 Å². The Labute approximate surface area is 128 Å². The molecule has 3 rings (SSSR count). The van der Waals surface area contributed by atoms with Crippen molar-refractivity contribution in [3.63, 3.8) is 0 Å². The molecule has 0 aliphatic carbocycles. The molecule has 2 aromatic carbocycles. The van der Waals surface area contributed by atoms with Gasteiger partial charge in [0.1, 0.15) is 5.75 Å². The molecule has 1 aromatic heterocycles. The highest BCUT2D eigenvalue weighted by atomic mass is 35.5. The van der Waals surface area contributed by atoms with Gasteiger partial charge in [0.2, 0.25) is 0 Å². The average molecular weight is 324 g/mol. The highest BCUT2D eigenvalue weighted by Crippen LogP contribution is 2.38. The number of fused-ring (bicyclic) bond motifs is 1. The lowest BCUT2D eigenvalue weighted by Crippen LogP contribution is -2.07. The Bertz CT molecular complexity index is 844. The minimum atomic E-state index is -4.52. The van der Waals surface area contributed by atoms with Crippen LogP contribution in [0.3, 0.4) is 0 Å². The van der Waals surface area contributed by atoms with Gasteiger partial charge in [-0.25, -0.2) is 4.98 Å². The molecule has 22 heavy (non-hydrogen) atoms. The van der Waals surface area contributed by atoms with E-state index in [9.17, 15) is 18.3 Å². The highest BCUT2D eigenvalue weighted by molar-refractivity contribution is 6.35. The van der Waals surface area contributed by atoms with Crippen molar-refractivity contribution in [2.45, 2.75) is 6.18 Å². The van der Waals surface area contributed by atoms with Crippen LogP contribution >= 0.6 is 11.6 Å². The summed E-state index contributed by atoms with van der Waals surface area (Å²) in [7, 11) is 0. The molecule has 3 aromatic rings. The Kier molecular flexibility index (Phi) is 3.45. The van der Waals surface area contributed by atoms with E-state index >= 15 is 0 Å². The van der Waals surface area contributed by atoms with E-state index in [0.717, 1.165) is 6.07 Å². The lowest BCUT2D eigenvalue weighted by atomic mass is 10.0. The molecule has 112 valence electrons. The first-order chi connectivity index (χ1) is 10.4. The number of phenolic OH excluding ortho intramolecular Hbond substituents is 1. The van der Waals surface area contributed by atoms with Crippen LogP contribution in [-0.4, -0.2) is 10.1 Å². The number of halogens is 4. The first-order valence-corrected chi connectivity index (χ1v) is 6.70. The lowest BCUT2D eigenvalue weighted by molar-refractivity contribution is -0.136. The number of benzene rings is 2. The maximum atomic E-state index is 13.3. The van der Waals surface area contributed by atoms with E-state index in [-0.39, 0.29) is 27.4 Å². The smallest absolute Gasteiger partial charge is 0.417 e. The molecule has 0 bridgehead atoms. The Balaban J connectivity index is 2.33. The number of phenols is 1. The zero-order valence-corrected chi connectivity index (χ0v) is 11.8. The fraction of sp³-hybridized carbons (Fsp3) is 0.0625. The number of rotatable bonds is 1. The largest absolute Gasteiger partial charge is 0.508 e. The van der Waals surface area contributed by atoms with Crippen LogP contribution in [0.4, 0.5) is 13.2 Å². The van der Waals surface area contributed by atoms with Crippen LogP contribution in [-0.2, 0) is 6.18 Å². The summed E-state index contributed by atoms with van der Waals surface area (Å²) in [5.41, 5.74) is -0.0804.